The Morgan fingerprint density at radius 1 is 1.33 bits per heavy atom. The Labute approximate surface area is 123 Å². The molecule has 1 atom stereocenters. The van der Waals surface area contributed by atoms with Gasteiger partial charge in [0.15, 0.2) is 0 Å². The van der Waals surface area contributed by atoms with Crippen molar-refractivity contribution in [3.05, 3.63) is 51.9 Å². The molecule has 0 saturated heterocycles. The molecule has 0 bridgehead atoms. The number of halogens is 1. The van der Waals surface area contributed by atoms with Gasteiger partial charge < -0.3 is 9.84 Å². The molecule has 3 aromatic rings. The molecular formula is C14H11FN4OS. The van der Waals surface area contributed by atoms with Crippen LogP contribution in [0.1, 0.15) is 22.4 Å². The fourth-order valence-electron chi connectivity index (χ4n) is 2.44. The zero-order chi connectivity index (χ0) is 14.2. The number of pyridine rings is 1. The normalized spacial score (nSPS) is 17.7. The molecule has 4 heterocycles. The van der Waals surface area contributed by atoms with E-state index in [2.05, 4.69) is 31.9 Å². The molecule has 0 radical (unpaired) electrons. The van der Waals surface area contributed by atoms with E-state index in [1.165, 1.54) is 22.6 Å². The summed E-state index contributed by atoms with van der Waals surface area (Å²) in [7, 11) is 0. The number of nitrogens with zero attached hydrogens (tertiary/aromatic N) is 3. The van der Waals surface area contributed by atoms with Gasteiger partial charge in [0.05, 0.1) is 6.20 Å². The van der Waals surface area contributed by atoms with Gasteiger partial charge in [-0.3, -0.25) is 0 Å². The van der Waals surface area contributed by atoms with Gasteiger partial charge in [-0.15, -0.1) is 11.3 Å². The van der Waals surface area contributed by atoms with Gasteiger partial charge in [0.1, 0.15) is 17.6 Å². The van der Waals surface area contributed by atoms with Gasteiger partial charge >= 0.3 is 0 Å². The first-order valence-corrected chi connectivity index (χ1v) is 7.44. The second-order valence-electron chi connectivity index (χ2n) is 4.75. The van der Waals surface area contributed by atoms with Crippen LogP contribution in [-0.2, 0) is 6.42 Å². The molecule has 1 unspecified atom stereocenters. The van der Waals surface area contributed by atoms with Crippen molar-refractivity contribution in [3.63, 3.8) is 0 Å². The van der Waals surface area contributed by atoms with E-state index in [0.717, 1.165) is 19.2 Å². The fraction of sp³-hybridized carbons (Fsp3) is 0.214. The predicted molar refractivity (Wildman–Crippen MR) is 75.4 cm³/mol. The highest BCUT2D eigenvalue weighted by atomic mass is 32.1. The van der Waals surface area contributed by atoms with E-state index < -0.39 is 0 Å². The summed E-state index contributed by atoms with van der Waals surface area (Å²) in [4.78, 5) is 9.70. The molecule has 0 fully saturated rings. The van der Waals surface area contributed by atoms with Crippen LogP contribution in [0.2, 0.25) is 0 Å². The quantitative estimate of drug-likeness (QED) is 0.788. The second kappa shape index (κ2) is 5.01. The fourth-order valence-corrected chi connectivity index (χ4v) is 3.36. The van der Waals surface area contributed by atoms with Crippen molar-refractivity contribution < 1.29 is 8.91 Å². The van der Waals surface area contributed by atoms with Crippen molar-refractivity contribution in [2.45, 2.75) is 12.5 Å². The molecule has 0 amide bonds. The monoisotopic (exact) mass is 302 g/mol. The minimum atomic E-state index is -0.390. The molecular weight excluding hydrogens is 291 g/mol. The van der Waals surface area contributed by atoms with Crippen molar-refractivity contribution in [1.82, 2.24) is 20.4 Å². The van der Waals surface area contributed by atoms with Crippen molar-refractivity contribution in [2.75, 3.05) is 6.54 Å². The molecule has 106 valence electrons. The minimum Gasteiger partial charge on any atom is -0.337 e. The summed E-state index contributed by atoms with van der Waals surface area (Å²) in [5.74, 6) is 0.490. The van der Waals surface area contributed by atoms with Crippen LogP contribution in [0, 0.1) is 5.82 Å². The zero-order valence-electron chi connectivity index (χ0n) is 10.9. The number of hydrogen-bond acceptors (Lipinski definition) is 6. The van der Waals surface area contributed by atoms with Gasteiger partial charge in [0.25, 0.3) is 0 Å². The maximum atomic E-state index is 12.9. The lowest BCUT2D eigenvalue weighted by Crippen LogP contribution is -2.29. The number of nitrogens with one attached hydrogen (secondary N) is 1. The van der Waals surface area contributed by atoms with Gasteiger partial charge in [-0.2, -0.15) is 4.98 Å². The summed E-state index contributed by atoms with van der Waals surface area (Å²) in [6, 6.07) is 4.86. The van der Waals surface area contributed by atoms with Gasteiger partial charge in [0.2, 0.25) is 11.7 Å². The van der Waals surface area contributed by atoms with Crippen LogP contribution in [0.3, 0.4) is 0 Å². The van der Waals surface area contributed by atoms with Crippen LogP contribution in [0.4, 0.5) is 4.39 Å². The van der Waals surface area contributed by atoms with E-state index in [1.54, 1.807) is 11.3 Å². The minimum absolute atomic E-state index is 0.0818. The molecule has 3 aromatic heterocycles. The number of fused-ring (bicyclic) bond motifs is 1. The molecule has 1 N–H and O–H groups in total. The Morgan fingerprint density at radius 2 is 2.29 bits per heavy atom. The van der Waals surface area contributed by atoms with Crippen molar-refractivity contribution >= 4 is 11.3 Å². The van der Waals surface area contributed by atoms with Gasteiger partial charge in [-0.05, 0) is 35.6 Å². The maximum Gasteiger partial charge on any atom is 0.248 e. The summed E-state index contributed by atoms with van der Waals surface area (Å²) >= 11 is 1.74. The highest BCUT2D eigenvalue weighted by molar-refractivity contribution is 7.10. The average Bonchev–Trinajstić information content (AvgIpc) is 3.16. The van der Waals surface area contributed by atoms with Crippen molar-refractivity contribution in [3.8, 4) is 11.5 Å². The lowest BCUT2D eigenvalue weighted by molar-refractivity contribution is 0.344. The Kier molecular flexibility index (Phi) is 3.01. The predicted octanol–water partition coefficient (Wildman–Crippen LogP) is 2.57. The van der Waals surface area contributed by atoms with Gasteiger partial charge in [-0.1, -0.05) is 5.16 Å². The molecule has 7 heteroatoms. The largest absolute Gasteiger partial charge is 0.337 e. The summed E-state index contributed by atoms with van der Waals surface area (Å²) in [6.07, 6.45) is 2.16. The number of aromatic nitrogens is 3. The topological polar surface area (TPSA) is 63.8 Å². The van der Waals surface area contributed by atoms with E-state index in [4.69, 9.17) is 4.52 Å². The Balaban J connectivity index is 1.68. The van der Waals surface area contributed by atoms with E-state index in [0.29, 0.717) is 17.4 Å². The first kappa shape index (κ1) is 12.6. The van der Waals surface area contributed by atoms with Crippen LogP contribution in [0.5, 0.6) is 0 Å². The van der Waals surface area contributed by atoms with Crippen LogP contribution in [-0.4, -0.2) is 21.7 Å². The molecule has 4 rings (SSSR count). The lowest BCUT2D eigenvalue weighted by Gasteiger charge is -2.20. The lowest BCUT2D eigenvalue weighted by atomic mass is 10.0. The van der Waals surface area contributed by atoms with Gasteiger partial charge in [0, 0.05) is 11.4 Å². The molecule has 0 spiro atoms. The standard InChI is InChI=1S/C14H11FN4OS/c15-8-1-2-10(17-7-8)13-18-14(20-19-13)12-9-4-6-21-11(9)3-5-16-12/h1-2,4,6-7,12,16H,3,5H2. The third-order valence-corrected chi connectivity index (χ3v) is 4.43. The molecule has 0 aliphatic carbocycles. The number of hydrogen-bond donors (Lipinski definition) is 1. The molecule has 0 saturated carbocycles. The van der Waals surface area contributed by atoms with E-state index in [1.807, 2.05) is 0 Å². The maximum absolute atomic E-state index is 12.9. The first-order valence-electron chi connectivity index (χ1n) is 6.56. The second-order valence-corrected chi connectivity index (χ2v) is 5.75. The number of thiophene rings is 1. The molecule has 5 nitrogen and oxygen atoms in total. The van der Waals surface area contributed by atoms with E-state index >= 15 is 0 Å². The van der Waals surface area contributed by atoms with Gasteiger partial charge in [-0.25, -0.2) is 9.37 Å². The SMILES string of the molecule is Fc1ccc(-c2noc(C3NCCc4sccc43)n2)nc1. The van der Waals surface area contributed by atoms with E-state index in [-0.39, 0.29) is 11.9 Å². The first-order chi connectivity index (χ1) is 10.3. The third kappa shape index (κ3) is 2.24. The van der Waals surface area contributed by atoms with Crippen molar-refractivity contribution in [1.29, 1.82) is 0 Å². The Bertz CT molecular complexity index is 767. The highest BCUT2D eigenvalue weighted by Gasteiger charge is 2.27. The molecule has 21 heavy (non-hydrogen) atoms. The van der Waals surface area contributed by atoms with Crippen LogP contribution in [0.25, 0.3) is 11.5 Å². The molecule has 1 aliphatic heterocycles. The smallest absolute Gasteiger partial charge is 0.248 e. The third-order valence-electron chi connectivity index (χ3n) is 3.44. The van der Waals surface area contributed by atoms with Crippen molar-refractivity contribution in [2.24, 2.45) is 0 Å². The Hall–Kier alpha value is -2.12. The highest BCUT2D eigenvalue weighted by Crippen LogP contribution is 2.31. The number of rotatable bonds is 2. The van der Waals surface area contributed by atoms with E-state index in [9.17, 15) is 4.39 Å². The summed E-state index contributed by atoms with van der Waals surface area (Å²) < 4.78 is 18.3. The average molecular weight is 302 g/mol. The van der Waals surface area contributed by atoms with Crippen LogP contribution >= 0.6 is 11.3 Å². The molecule has 1 aliphatic rings. The van der Waals surface area contributed by atoms with Crippen LogP contribution in [0.15, 0.2) is 34.3 Å². The van der Waals surface area contributed by atoms with Crippen LogP contribution < -0.4 is 5.32 Å². The molecule has 0 aromatic carbocycles. The summed E-state index contributed by atoms with van der Waals surface area (Å²) in [6.45, 7) is 0.880. The summed E-state index contributed by atoms with van der Waals surface area (Å²) in [5.41, 5.74) is 1.68. The zero-order valence-corrected chi connectivity index (χ0v) is 11.7. The summed E-state index contributed by atoms with van der Waals surface area (Å²) in [5, 5.41) is 9.40. The Morgan fingerprint density at radius 3 is 3.14 bits per heavy atom.